The summed E-state index contributed by atoms with van der Waals surface area (Å²) in [5, 5.41) is 18.8. The highest BCUT2D eigenvalue weighted by atomic mass is 79.9. The number of amides is 1. The number of nitro groups is 1. The van der Waals surface area contributed by atoms with E-state index in [0.717, 1.165) is 15.6 Å². The molecular formula is C24H17BrN4O3. The summed E-state index contributed by atoms with van der Waals surface area (Å²) in [6, 6.07) is 21.2. The van der Waals surface area contributed by atoms with Crippen LogP contribution < -0.4 is 4.90 Å². The molecule has 1 N–H and O–H groups in total. The number of carbonyl (C=O) groups is 1. The number of non-ortho nitro benzene ring substituents is 1. The van der Waals surface area contributed by atoms with Crippen LogP contribution in [0.4, 0.5) is 11.4 Å². The predicted octanol–water partition coefficient (Wildman–Crippen LogP) is 5.81. The third kappa shape index (κ3) is 3.29. The summed E-state index contributed by atoms with van der Waals surface area (Å²) in [4.78, 5) is 26.2. The minimum absolute atomic E-state index is 0.0269. The first-order valence-corrected chi connectivity index (χ1v) is 10.7. The van der Waals surface area contributed by atoms with Crippen LogP contribution in [0.15, 0.2) is 77.3 Å². The van der Waals surface area contributed by atoms with E-state index >= 15 is 0 Å². The molecule has 0 radical (unpaired) electrons. The van der Waals surface area contributed by atoms with Crippen molar-refractivity contribution in [1.29, 1.82) is 0 Å². The van der Waals surface area contributed by atoms with Gasteiger partial charge in [-0.15, -0.1) is 0 Å². The highest BCUT2D eigenvalue weighted by Gasteiger charge is 2.43. The lowest BCUT2D eigenvalue weighted by atomic mass is 9.95. The second kappa shape index (κ2) is 7.72. The number of halogens is 1. The van der Waals surface area contributed by atoms with Gasteiger partial charge in [-0.2, -0.15) is 5.10 Å². The van der Waals surface area contributed by atoms with Crippen LogP contribution in [0.1, 0.15) is 33.2 Å². The van der Waals surface area contributed by atoms with Gasteiger partial charge in [0.25, 0.3) is 11.6 Å². The number of aromatic nitrogens is 2. The van der Waals surface area contributed by atoms with Gasteiger partial charge in [0.1, 0.15) is 5.69 Å². The van der Waals surface area contributed by atoms with Gasteiger partial charge in [0.15, 0.2) is 0 Å². The first-order chi connectivity index (χ1) is 15.4. The Balaban J connectivity index is 1.73. The number of benzene rings is 3. The quantitative estimate of drug-likeness (QED) is 0.290. The van der Waals surface area contributed by atoms with E-state index in [-0.39, 0.29) is 11.6 Å². The van der Waals surface area contributed by atoms with Crippen LogP contribution in [-0.4, -0.2) is 21.0 Å². The molecule has 3 aromatic carbocycles. The fourth-order valence-corrected chi connectivity index (χ4v) is 4.33. The highest BCUT2D eigenvalue weighted by Crippen LogP contribution is 2.45. The van der Waals surface area contributed by atoms with Crippen molar-refractivity contribution in [2.45, 2.75) is 13.0 Å². The largest absolute Gasteiger partial charge is 0.295 e. The minimum Gasteiger partial charge on any atom is -0.295 e. The first-order valence-electron chi connectivity index (χ1n) is 9.93. The van der Waals surface area contributed by atoms with Crippen LogP contribution in [0.2, 0.25) is 0 Å². The Morgan fingerprint density at radius 2 is 1.78 bits per heavy atom. The monoisotopic (exact) mass is 488 g/mol. The zero-order chi connectivity index (χ0) is 22.4. The Morgan fingerprint density at radius 1 is 1.06 bits per heavy atom. The maximum atomic E-state index is 13.5. The molecule has 0 bridgehead atoms. The van der Waals surface area contributed by atoms with Crippen LogP contribution >= 0.6 is 15.9 Å². The van der Waals surface area contributed by atoms with Crippen molar-refractivity contribution in [3.63, 3.8) is 0 Å². The third-order valence-corrected chi connectivity index (χ3v) is 6.12. The van der Waals surface area contributed by atoms with E-state index in [1.54, 1.807) is 17.0 Å². The molecule has 0 spiro atoms. The fraction of sp³-hybridized carbons (Fsp3) is 0.0833. The molecule has 1 atom stereocenters. The number of aryl methyl sites for hydroxylation is 1. The van der Waals surface area contributed by atoms with Crippen LogP contribution in [0, 0.1) is 17.0 Å². The lowest BCUT2D eigenvalue weighted by Crippen LogP contribution is -2.29. The van der Waals surface area contributed by atoms with Gasteiger partial charge >= 0.3 is 0 Å². The number of nitrogens with zero attached hydrogens (tertiary/aromatic N) is 3. The Morgan fingerprint density at radius 3 is 2.47 bits per heavy atom. The molecule has 4 aromatic rings. The molecule has 158 valence electrons. The van der Waals surface area contributed by atoms with Crippen molar-refractivity contribution in [2.75, 3.05) is 4.90 Å². The molecule has 32 heavy (non-hydrogen) atoms. The summed E-state index contributed by atoms with van der Waals surface area (Å²) in [5.74, 6) is -0.226. The van der Waals surface area contributed by atoms with Gasteiger partial charge in [0.2, 0.25) is 0 Å². The number of hydrogen-bond donors (Lipinski definition) is 1. The van der Waals surface area contributed by atoms with Gasteiger partial charge in [0.05, 0.1) is 16.7 Å². The summed E-state index contributed by atoms with van der Waals surface area (Å²) >= 11 is 3.44. The number of H-pyrrole nitrogens is 1. The van der Waals surface area contributed by atoms with Gasteiger partial charge in [-0.1, -0.05) is 57.9 Å². The Labute approximate surface area is 192 Å². The van der Waals surface area contributed by atoms with Gasteiger partial charge in [0, 0.05) is 33.4 Å². The molecule has 1 unspecified atom stereocenters. The number of aromatic amines is 1. The average molecular weight is 489 g/mol. The van der Waals surface area contributed by atoms with Crippen molar-refractivity contribution in [2.24, 2.45) is 0 Å². The van der Waals surface area contributed by atoms with Crippen LogP contribution in [0.5, 0.6) is 0 Å². The fourth-order valence-electron chi connectivity index (χ4n) is 4.07. The molecule has 0 saturated heterocycles. The minimum atomic E-state index is -0.558. The molecule has 0 aliphatic carbocycles. The number of hydrogen-bond acceptors (Lipinski definition) is 4. The third-order valence-electron chi connectivity index (χ3n) is 5.59. The summed E-state index contributed by atoms with van der Waals surface area (Å²) in [6.45, 7) is 1.98. The summed E-state index contributed by atoms with van der Waals surface area (Å²) in [5.41, 5.74) is 4.99. The van der Waals surface area contributed by atoms with Crippen molar-refractivity contribution in [3.05, 3.63) is 110 Å². The van der Waals surface area contributed by atoms with Crippen LogP contribution in [0.3, 0.4) is 0 Å². The van der Waals surface area contributed by atoms with E-state index in [1.165, 1.54) is 12.1 Å². The predicted molar refractivity (Wildman–Crippen MR) is 125 cm³/mol. The van der Waals surface area contributed by atoms with Crippen molar-refractivity contribution < 1.29 is 9.72 Å². The van der Waals surface area contributed by atoms with Crippen molar-refractivity contribution in [3.8, 4) is 11.3 Å². The maximum absolute atomic E-state index is 13.5. The van der Waals surface area contributed by atoms with Crippen molar-refractivity contribution in [1.82, 2.24) is 10.2 Å². The van der Waals surface area contributed by atoms with E-state index < -0.39 is 11.0 Å². The second-order valence-electron chi connectivity index (χ2n) is 7.63. The van der Waals surface area contributed by atoms with Gasteiger partial charge < -0.3 is 0 Å². The molecule has 1 amide bonds. The molecule has 7 nitrogen and oxygen atoms in total. The van der Waals surface area contributed by atoms with Gasteiger partial charge in [-0.25, -0.2) is 0 Å². The summed E-state index contributed by atoms with van der Waals surface area (Å²) < 4.78 is 0.932. The molecule has 2 heterocycles. The molecule has 0 saturated carbocycles. The number of fused-ring (bicyclic) bond motifs is 1. The Kier molecular flexibility index (Phi) is 4.86. The standard InChI is InChI=1S/C24H17BrN4O3/c1-14-5-11-18(12-6-14)28-23(16-3-2-4-19(13-16)29(31)32)20-21(26-27-22(20)24(28)30)15-7-9-17(25)10-8-15/h2-13,23H,1H3,(H,26,27). The van der Waals surface area contributed by atoms with E-state index in [1.807, 2.05) is 55.5 Å². The van der Waals surface area contributed by atoms with E-state index in [2.05, 4.69) is 26.1 Å². The van der Waals surface area contributed by atoms with E-state index in [0.29, 0.717) is 28.2 Å². The number of nitro benzene ring substituents is 1. The number of nitrogens with one attached hydrogen (secondary N) is 1. The first kappa shape index (κ1) is 20.1. The smallest absolute Gasteiger partial charge is 0.277 e. The topological polar surface area (TPSA) is 92.1 Å². The number of anilines is 1. The average Bonchev–Trinajstić information content (AvgIpc) is 3.34. The molecule has 1 aliphatic rings. The van der Waals surface area contributed by atoms with E-state index in [9.17, 15) is 14.9 Å². The normalized spacial score (nSPS) is 15.1. The summed E-state index contributed by atoms with van der Waals surface area (Å²) in [6.07, 6.45) is 0. The number of rotatable bonds is 4. The van der Waals surface area contributed by atoms with Crippen LogP contribution in [0.25, 0.3) is 11.3 Å². The SMILES string of the molecule is Cc1ccc(N2C(=O)c3[nH]nc(-c4ccc(Br)cc4)c3C2c2cccc([N+](=O)[O-])c2)cc1. The molecule has 5 rings (SSSR count). The van der Waals surface area contributed by atoms with Gasteiger partial charge in [-0.3, -0.25) is 24.9 Å². The molecule has 0 fully saturated rings. The molecule has 8 heteroatoms. The lowest BCUT2D eigenvalue weighted by molar-refractivity contribution is -0.384. The summed E-state index contributed by atoms with van der Waals surface area (Å²) in [7, 11) is 0. The molecule has 1 aromatic heterocycles. The number of carbonyl (C=O) groups excluding carboxylic acids is 1. The Hall–Kier alpha value is -3.78. The zero-order valence-corrected chi connectivity index (χ0v) is 18.5. The molecular weight excluding hydrogens is 472 g/mol. The van der Waals surface area contributed by atoms with E-state index in [4.69, 9.17) is 0 Å². The highest BCUT2D eigenvalue weighted by molar-refractivity contribution is 9.10. The zero-order valence-electron chi connectivity index (χ0n) is 16.9. The maximum Gasteiger partial charge on any atom is 0.277 e. The van der Waals surface area contributed by atoms with Crippen molar-refractivity contribution >= 4 is 33.2 Å². The lowest BCUT2D eigenvalue weighted by Gasteiger charge is -2.26. The second-order valence-corrected chi connectivity index (χ2v) is 8.55. The van der Waals surface area contributed by atoms with Gasteiger partial charge in [-0.05, 0) is 36.8 Å². The van der Waals surface area contributed by atoms with Crippen LogP contribution in [-0.2, 0) is 0 Å². The Bertz CT molecular complexity index is 1350. The molecule has 1 aliphatic heterocycles.